The Morgan fingerprint density at radius 2 is 1.50 bits per heavy atom. The van der Waals surface area contributed by atoms with Crippen molar-refractivity contribution in [3.8, 4) is 0 Å². The molecule has 7 unspecified atom stereocenters. The average molecular weight is 497 g/mol. The highest BCUT2D eigenvalue weighted by Crippen LogP contribution is 2.39. The lowest BCUT2D eigenvalue weighted by Gasteiger charge is -2.44. The van der Waals surface area contributed by atoms with Gasteiger partial charge in [0.15, 0.2) is 0 Å². The normalized spacial score (nSPS) is 38.3. The molecule has 0 radical (unpaired) electrons. The maximum Gasteiger partial charge on any atom is 0.395 e. The fourth-order valence-corrected chi connectivity index (χ4v) is 4.95. The Bertz CT molecular complexity index is 798. The lowest BCUT2D eigenvalue weighted by molar-refractivity contribution is -0.215. The van der Waals surface area contributed by atoms with Crippen molar-refractivity contribution in [2.45, 2.75) is 87.6 Å². The van der Waals surface area contributed by atoms with Crippen LogP contribution in [0.2, 0.25) is 0 Å². The first-order valence-electron chi connectivity index (χ1n) is 11.4. The number of nitrogens with zero attached hydrogens (tertiary/aromatic N) is 2. The van der Waals surface area contributed by atoms with Crippen molar-refractivity contribution in [2.24, 2.45) is 17.6 Å². The molecule has 3 fully saturated rings. The molecule has 4 rings (SSSR count). The van der Waals surface area contributed by atoms with Crippen LogP contribution in [0, 0.1) is 11.8 Å². The first-order valence-corrected chi connectivity index (χ1v) is 11.4. The number of nitrogens with two attached hydrogens (primary N) is 1. The van der Waals surface area contributed by atoms with Crippen molar-refractivity contribution in [3.63, 3.8) is 0 Å². The molecule has 1 aromatic heterocycles. The van der Waals surface area contributed by atoms with Crippen LogP contribution in [0.1, 0.15) is 50.4 Å². The fourth-order valence-electron chi connectivity index (χ4n) is 4.95. The number of hydrazine groups is 1. The average Bonchev–Trinajstić information content (AvgIpc) is 3.23. The van der Waals surface area contributed by atoms with Crippen LogP contribution >= 0.6 is 0 Å². The van der Waals surface area contributed by atoms with E-state index in [2.05, 4.69) is 31.5 Å². The first kappa shape index (κ1) is 25.5. The fraction of sp³-hybridized carbons (Fsp3) is 0.800. The van der Waals surface area contributed by atoms with Gasteiger partial charge in [0.1, 0.15) is 18.3 Å². The Kier molecular flexibility index (Phi) is 7.64. The molecule has 0 amide bonds. The summed E-state index contributed by atoms with van der Waals surface area (Å²) in [6.45, 7) is 0. The van der Waals surface area contributed by atoms with Crippen molar-refractivity contribution < 1.29 is 31.1 Å². The third kappa shape index (κ3) is 5.79. The summed E-state index contributed by atoms with van der Waals surface area (Å²) in [6.07, 6.45) is -8.65. The van der Waals surface area contributed by atoms with E-state index in [0.29, 0.717) is 25.1 Å². The minimum absolute atomic E-state index is 0.140. The van der Waals surface area contributed by atoms with Gasteiger partial charge in [-0.25, -0.2) is 20.8 Å². The second-order valence-corrected chi connectivity index (χ2v) is 9.10. The Morgan fingerprint density at radius 3 is 2.18 bits per heavy atom. The van der Waals surface area contributed by atoms with E-state index in [4.69, 9.17) is 10.5 Å². The largest absolute Gasteiger partial charge is 0.395 e. The van der Waals surface area contributed by atoms with Crippen molar-refractivity contribution in [2.75, 3.05) is 0 Å². The Hall–Kier alpha value is -1.58. The molecule has 34 heavy (non-hydrogen) atoms. The van der Waals surface area contributed by atoms with E-state index in [-0.39, 0.29) is 12.8 Å². The maximum absolute atomic E-state index is 13.9. The van der Waals surface area contributed by atoms with Crippen LogP contribution in [-0.4, -0.2) is 53.0 Å². The van der Waals surface area contributed by atoms with Gasteiger partial charge in [-0.15, -0.1) is 0 Å². The molecule has 8 atom stereocenters. The van der Waals surface area contributed by atoms with Gasteiger partial charge in [-0.2, -0.15) is 26.3 Å². The van der Waals surface area contributed by atoms with Crippen LogP contribution in [0.4, 0.5) is 26.3 Å². The number of hydrogen-bond donors (Lipinski definition) is 5. The Labute approximate surface area is 192 Å². The molecule has 4 bridgehead atoms. The van der Waals surface area contributed by atoms with Gasteiger partial charge in [0, 0.05) is 18.4 Å². The summed E-state index contributed by atoms with van der Waals surface area (Å²) in [5.74, 6) is -3.25. The van der Waals surface area contributed by atoms with Gasteiger partial charge in [0.05, 0.1) is 30.1 Å². The van der Waals surface area contributed by atoms with Crippen LogP contribution in [0.5, 0.6) is 0 Å². The van der Waals surface area contributed by atoms with Gasteiger partial charge in [0.2, 0.25) is 0 Å². The predicted molar refractivity (Wildman–Crippen MR) is 108 cm³/mol. The van der Waals surface area contributed by atoms with Crippen molar-refractivity contribution >= 4 is 0 Å². The predicted octanol–water partition coefficient (Wildman–Crippen LogP) is 2.22. The third-order valence-corrected chi connectivity index (χ3v) is 6.74. The van der Waals surface area contributed by atoms with Crippen molar-refractivity contribution in [3.05, 3.63) is 24.3 Å². The highest BCUT2D eigenvalue weighted by atomic mass is 19.4. The zero-order valence-electron chi connectivity index (χ0n) is 18.2. The van der Waals surface area contributed by atoms with Gasteiger partial charge >= 0.3 is 12.4 Å². The lowest BCUT2D eigenvalue weighted by Crippen LogP contribution is -2.69. The van der Waals surface area contributed by atoms with E-state index in [9.17, 15) is 26.3 Å². The van der Waals surface area contributed by atoms with E-state index in [1.165, 1.54) is 12.4 Å². The topological polar surface area (TPSA) is 109 Å². The number of ether oxygens (including phenoxy) is 1. The number of halogens is 6. The van der Waals surface area contributed by atoms with E-state index >= 15 is 0 Å². The molecule has 0 aromatic carbocycles. The number of alkyl halides is 6. The summed E-state index contributed by atoms with van der Waals surface area (Å²) < 4.78 is 88.6. The van der Waals surface area contributed by atoms with Gasteiger partial charge in [-0.1, -0.05) is 19.3 Å². The monoisotopic (exact) mass is 497 g/mol. The molecule has 6 N–H and O–H groups in total. The Morgan fingerprint density at radius 1 is 0.853 bits per heavy atom. The number of rotatable bonds is 1. The van der Waals surface area contributed by atoms with Crippen LogP contribution in [0.3, 0.4) is 0 Å². The van der Waals surface area contributed by atoms with Crippen LogP contribution in [0.25, 0.3) is 0 Å². The summed E-state index contributed by atoms with van der Waals surface area (Å²) >= 11 is 0. The number of fused-ring (bicyclic) bond motifs is 5. The molecule has 8 nitrogen and oxygen atoms in total. The second kappa shape index (κ2) is 10.2. The number of aromatic nitrogens is 2. The second-order valence-electron chi connectivity index (χ2n) is 9.10. The molecule has 0 spiro atoms. The molecule has 4 heterocycles. The molecular weight excluding hydrogens is 468 g/mol. The maximum atomic E-state index is 13.9. The lowest BCUT2D eigenvalue weighted by atomic mass is 9.86. The summed E-state index contributed by atoms with van der Waals surface area (Å²) in [5.41, 5.74) is 11.3. The van der Waals surface area contributed by atoms with Gasteiger partial charge in [-0.05, 0) is 25.3 Å². The summed E-state index contributed by atoms with van der Waals surface area (Å²) in [7, 11) is 0. The third-order valence-electron chi connectivity index (χ3n) is 6.74. The van der Waals surface area contributed by atoms with E-state index in [1.807, 2.05) is 0 Å². The molecule has 192 valence electrons. The van der Waals surface area contributed by atoms with Crippen molar-refractivity contribution in [1.29, 1.82) is 0 Å². The van der Waals surface area contributed by atoms with Gasteiger partial charge < -0.3 is 10.5 Å². The zero-order valence-corrected chi connectivity index (χ0v) is 18.2. The smallest absolute Gasteiger partial charge is 0.340 e. The van der Waals surface area contributed by atoms with E-state index in [1.54, 1.807) is 6.07 Å². The molecule has 3 saturated heterocycles. The minimum atomic E-state index is -4.55. The molecule has 14 heteroatoms. The highest BCUT2D eigenvalue weighted by molar-refractivity contribution is 5.03. The minimum Gasteiger partial charge on any atom is -0.340 e. The summed E-state index contributed by atoms with van der Waals surface area (Å²) in [6, 6.07) is -0.902. The molecule has 0 saturated carbocycles. The SMILES string of the molecule is NC1CC(C(F)(F)F)C2NC(c3ncccn3)CCCCC[C@@H](C(F)(F)F)C3NNC(O3)C1N2. The molecule has 0 aliphatic carbocycles. The summed E-state index contributed by atoms with van der Waals surface area (Å²) in [4.78, 5) is 8.38. The van der Waals surface area contributed by atoms with Gasteiger partial charge in [0.25, 0.3) is 0 Å². The van der Waals surface area contributed by atoms with E-state index in [0.717, 1.165) is 0 Å². The number of nitrogens with one attached hydrogen (secondary N) is 4. The van der Waals surface area contributed by atoms with Crippen LogP contribution in [0.15, 0.2) is 18.5 Å². The molecule has 1 aromatic rings. The van der Waals surface area contributed by atoms with Gasteiger partial charge in [-0.3, -0.25) is 10.6 Å². The van der Waals surface area contributed by atoms with Crippen molar-refractivity contribution in [1.82, 2.24) is 31.5 Å². The summed E-state index contributed by atoms with van der Waals surface area (Å²) in [5, 5.41) is 5.90. The van der Waals surface area contributed by atoms with Crippen LogP contribution in [-0.2, 0) is 4.74 Å². The van der Waals surface area contributed by atoms with E-state index < -0.39 is 67.4 Å². The molecular formula is C20H29F6N7O. The van der Waals surface area contributed by atoms with Crippen LogP contribution < -0.4 is 27.2 Å². The zero-order chi connectivity index (χ0) is 24.5. The number of piperidine rings is 1. The molecule has 3 aliphatic heterocycles. The highest BCUT2D eigenvalue weighted by Gasteiger charge is 2.54. The quantitative estimate of drug-likeness (QED) is 0.376. The first-order chi connectivity index (χ1) is 16.0. The standard InChI is InChI=1S/C20H29F6N7O/c21-19(22,23)10-5-2-1-3-6-13(16-28-7-4-8-29-16)30-15-11(20(24,25)26)9-12(27)14(31-15)18-33-32-17(10)34-18/h4,7-8,10-15,17-18,30-33H,1-3,5-6,9,27H2/t10-,11?,12?,13?,14?,15?,17?,18?/m1/s1. The molecule has 3 aliphatic rings. The Balaban J connectivity index is 1.63. The number of hydrogen-bond acceptors (Lipinski definition) is 8.